The van der Waals surface area contributed by atoms with Gasteiger partial charge in [-0.15, -0.1) is 0 Å². The van der Waals surface area contributed by atoms with Crippen LogP contribution in [0.2, 0.25) is 0 Å². The van der Waals surface area contributed by atoms with Gasteiger partial charge >= 0.3 is 0 Å². The zero-order chi connectivity index (χ0) is 10.3. The predicted molar refractivity (Wildman–Crippen MR) is 53.2 cm³/mol. The topological polar surface area (TPSA) is 56.0 Å². The Kier molecular flexibility index (Phi) is 5.68. The van der Waals surface area contributed by atoms with Crippen molar-refractivity contribution in [1.29, 1.82) is 5.26 Å². The molecule has 13 heavy (non-hydrogen) atoms. The first-order valence-corrected chi connectivity index (χ1v) is 4.84. The van der Waals surface area contributed by atoms with E-state index in [2.05, 4.69) is 11.4 Å². The molecule has 3 nitrogen and oxygen atoms in total. The van der Waals surface area contributed by atoms with Crippen molar-refractivity contribution in [1.82, 2.24) is 5.32 Å². The average Bonchev–Trinajstić information content (AvgIpc) is 2.03. The number of nitrogens with one attached hydrogen (secondary N) is 1. The fourth-order valence-electron chi connectivity index (χ4n) is 1.23. The van der Waals surface area contributed by atoms with Crippen molar-refractivity contribution in [2.75, 3.05) is 13.1 Å². The van der Waals surface area contributed by atoms with E-state index < -0.39 is 5.60 Å². The highest BCUT2D eigenvalue weighted by Crippen LogP contribution is 2.09. The summed E-state index contributed by atoms with van der Waals surface area (Å²) in [5, 5.41) is 21.4. The van der Waals surface area contributed by atoms with Crippen LogP contribution in [-0.4, -0.2) is 23.8 Å². The maximum atomic E-state index is 9.75. The lowest BCUT2D eigenvalue weighted by Crippen LogP contribution is -2.39. The number of nitrogens with zero attached hydrogens (tertiary/aromatic N) is 1. The molecule has 0 spiro atoms. The third-order valence-corrected chi connectivity index (χ3v) is 1.97. The zero-order valence-electron chi connectivity index (χ0n) is 8.80. The lowest BCUT2D eigenvalue weighted by molar-refractivity contribution is 0.0498. The van der Waals surface area contributed by atoms with Gasteiger partial charge in [0.25, 0.3) is 0 Å². The van der Waals surface area contributed by atoms with E-state index in [0.717, 1.165) is 12.8 Å². The Labute approximate surface area is 80.8 Å². The van der Waals surface area contributed by atoms with Gasteiger partial charge in [-0.2, -0.15) is 5.26 Å². The van der Waals surface area contributed by atoms with Gasteiger partial charge in [-0.3, -0.25) is 0 Å². The number of aliphatic hydroxyl groups is 1. The van der Waals surface area contributed by atoms with Gasteiger partial charge in [0, 0.05) is 13.1 Å². The number of hydrogen-bond donors (Lipinski definition) is 2. The van der Waals surface area contributed by atoms with Crippen LogP contribution >= 0.6 is 0 Å². The Hall–Kier alpha value is -0.590. The van der Waals surface area contributed by atoms with E-state index in [1.807, 2.05) is 20.8 Å². The van der Waals surface area contributed by atoms with Gasteiger partial charge in [0.15, 0.2) is 0 Å². The highest BCUT2D eigenvalue weighted by Gasteiger charge is 2.18. The quantitative estimate of drug-likeness (QED) is 0.654. The van der Waals surface area contributed by atoms with Gasteiger partial charge in [0.05, 0.1) is 17.6 Å². The van der Waals surface area contributed by atoms with Gasteiger partial charge in [-0.05, 0) is 20.3 Å². The average molecular weight is 184 g/mol. The van der Waals surface area contributed by atoms with Crippen LogP contribution in [0.15, 0.2) is 0 Å². The van der Waals surface area contributed by atoms with E-state index in [-0.39, 0.29) is 5.92 Å². The summed E-state index contributed by atoms with van der Waals surface area (Å²) >= 11 is 0. The molecule has 0 bridgehead atoms. The smallest absolute Gasteiger partial charge is 0.0743 e. The molecule has 76 valence electrons. The molecule has 0 heterocycles. The Morgan fingerprint density at radius 2 is 2.23 bits per heavy atom. The summed E-state index contributed by atoms with van der Waals surface area (Å²) in [7, 11) is 0. The molecule has 0 radical (unpaired) electrons. The van der Waals surface area contributed by atoms with Crippen molar-refractivity contribution in [3.05, 3.63) is 0 Å². The predicted octanol–water partition coefficient (Wildman–Crippen LogP) is 1.29. The second-order valence-corrected chi connectivity index (χ2v) is 3.91. The Morgan fingerprint density at radius 1 is 1.62 bits per heavy atom. The van der Waals surface area contributed by atoms with Crippen LogP contribution in [-0.2, 0) is 0 Å². The van der Waals surface area contributed by atoms with E-state index in [0.29, 0.717) is 13.1 Å². The van der Waals surface area contributed by atoms with Gasteiger partial charge in [0.1, 0.15) is 0 Å². The fraction of sp³-hybridized carbons (Fsp3) is 0.900. The minimum absolute atomic E-state index is 0.0115. The van der Waals surface area contributed by atoms with E-state index in [1.54, 1.807) is 0 Å². The Bertz CT molecular complexity index is 172. The van der Waals surface area contributed by atoms with Crippen LogP contribution in [0.4, 0.5) is 0 Å². The lowest BCUT2D eigenvalue weighted by atomic mass is 10.0. The molecule has 0 amide bonds. The molecule has 0 aromatic carbocycles. The molecule has 0 aromatic heterocycles. The molecule has 0 aromatic rings. The van der Waals surface area contributed by atoms with Crippen molar-refractivity contribution < 1.29 is 5.11 Å². The number of nitriles is 1. The molecule has 0 aliphatic rings. The fourth-order valence-corrected chi connectivity index (χ4v) is 1.23. The van der Waals surface area contributed by atoms with Crippen LogP contribution in [0.25, 0.3) is 0 Å². The van der Waals surface area contributed by atoms with Crippen LogP contribution in [0, 0.1) is 17.2 Å². The van der Waals surface area contributed by atoms with E-state index >= 15 is 0 Å². The van der Waals surface area contributed by atoms with Crippen LogP contribution in [0.1, 0.15) is 33.6 Å². The molecule has 0 aliphatic heterocycles. The molecule has 3 heteroatoms. The largest absolute Gasteiger partial charge is 0.389 e. The monoisotopic (exact) mass is 184 g/mol. The summed E-state index contributed by atoms with van der Waals surface area (Å²) < 4.78 is 0. The summed E-state index contributed by atoms with van der Waals surface area (Å²) in [6, 6.07) is 2.14. The highest BCUT2D eigenvalue weighted by atomic mass is 16.3. The number of hydrogen-bond acceptors (Lipinski definition) is 3. The first-order chi connectivity index (χ1) is 6.02. The summed E-state index contributed by atoms with van der Waals surface area (Å²) in [6.07, 6.45) is 1.77. The van der Waals surface area contributed by atoms with Crippen molar-refractivity contribution in [3.63, 3.8) is 0 Å². The Morgan fingerprint density at radius 3 is 2.69 bits per heavy atom. The van der Waals surface area contributed by atoms with Crippen molar-refractivity contribution in [2.24, 2.45) is 5.92 Å². The summed E-state index contributed by atoms with van der Waals surface area (Å²) in [4.78, 5) is 0. The van der Waals surface area contributed by atoms with Crippen LogP contribution < -0.4 is 5.32 Å². The van der Waals surface area contributed by atoms with Gasteiger partial charge < -0.3 is 10.4 Å². The normalized spacial score (nSPS) is 17.5. The molecular formula is C10H20N2O. The van der Waals surface area contributed by atoms with Crippen LogP contribution in [0.3, 0.4) is 0 Å². The van der Waals surface area contributed by atoms with Gasteiger partial charge in [0.2, 0.25) is 0 Å². The molecular weight excluding hydrogens is 164 g/mol. The molecule has 0 saturated carbocycles. The maximum absolute atomic E-state index is 9.75. The summed E-state index contributed by atoms with van der Waals surface area (Å²) in [6.45, 7) is 6.94. The van der Waals surface area contributed by atoms with E-state index in [1.165, 1.54) is 0 Å². The van der Waals surface area contributed by atoms with E-state index in [4.69, 9.17) is 5.26 Å². The molecule has 2 atom stereocenters. The zero-order valence-corrected chi connectivity index (χ0v) is 8.80. The van der Waals surface area contributed by atoms with Crippen molar-refractivity contribution >= 4 is 0 Å². The first kappa shape index (κ1) is 12.4. The highest BCUT2D eigenvalue weighted by molar-refractivity contribution is 4.82. The third kappa shape index (κ3) is 6.56. The van der Waals surface area contributed by atoms with E-state index in [9.17, 15) is 5.11 Å². The number of rotatable bonds is 6. The first-order valence-electron chi connectivity index (χ1n) is 4.84. The third-order valence-electron chi connectivity index (χ3n) is 1.97. The second kappa shape index (κ2) is 5.95. The Balaban J connectivity index is 3.58. The van der Waals surface area contributed by atoms with Gasteiger partial charge in [-0.25, -0.2) is 0 Å². The summed E-state index contributed by atoms with van der Waals surface area (Å²) in [5.74, 6) is 0.0115. The summed E-state index contributed by atoms with van der Waals surface area (Å²) in [5.41, 5.74) is -0.635. The lowest BCUT2D eigenvalue weighted by Gasteiger charge is -2.23. The minimum Gasteiger partial charge on any atom is -0.389 e. The van der Waals surface area contributed by atoms with Gasteiger partial charge in [-0.1, -0.05) is 13.3 Å². The minimum atomic E-state index is -0.635. The van der Waals surface area contributed by atoms with Crippen molar-refractivity contribution in [3.8, 4) is 6.07 Å². The molecule has 2 unspecified atom stereocenters. The molecule has 0 fully saturated rings. The maximum Gasteiger partial charge on any atom is 0.0743 e. The molecule has 2 N–H and O–H groups in total. The van der Waals surface area contributed by atoms with Crippen LogP contribution in [0.5, 0.6) is 0 Å². The second-order valence-electron chi connectivity index (χ2n) is 3.91. The SMILES string of the molecule is CCCC(C)(O)CNCC(C)C#N. The molecule has 0 rings (SSSR count). The van der Waals surface area contributed by atoms with Crippen molar-refractivity contribution in [2.45, 2.75) is 39.2 Å². The molecule has 0 aliphatic carbocycles. The molecule has 0 saturated heterocycles. The standard InChI is InChI=1S/C10H20N2O/c1-4-5-10(3,13)8-12-7-9(2)6-11/h9,12-13H,4-5,7-8H2,1-3H3.